The molecule has 2 aromatic heterocycles. The van der Waals surface area contributed by atoms with Gasteiger partial charge >= 0.3 is 0 Å². The molecule has 0 N–H and O–H groups in total. The lowest BCUT2D eigenvalue weighted by molar-refractivity contribution is 0.949. The highest BCUT2D eigenvalue weighted by molar-refractivity contribution is 7.13. The molecule has 1 aromatic carbocycles. The maximum atomic E-state index is 4.79. The number of anilines is 1. The minimum absolute atomic E-state index is 1.02. The van der Waals surface area contributed by atoms with E-state index in [2.05, 4.69) is 39.5 Å². The molecule has 22 heavy (non-hydrogen) atoms. The van der Waals surface area contributed by atoms with E-state index < -0.39 is 0 Å². The fourth-order valence-electron chi connectivity index (χ4n) is 2.87. The Balaban J connectivity index is 1.65. The molecule has 0 spiro atoms. The lowest BCUT2D eigenvalue weighted by atomic mass is 10.2. The zero-order valence-electron chi connectivity index (χ0n) is 12.3. The van der Waals surface area contributed by atoms with Gasteiger partial charge in [0, 0.05) is 47.7 Å². The third kappa shape index (κ3) is 2.62. The molecule has 3 heterocycles. The van der Waals surface area contributed by atoms with Crippen molar-refractivity contribution in [2.45, 2.75) is 12.8 Å². The first kappa shape index (κ1) is 13.5. The highest BCUT2D eigenvalue weighted by atomic mass is 32.1. The predicted octanol–water partition coefficient (Wildman–Crippen LogP) is 4.47. The van der Waals surface area contributed by atoms with Crippen LogP contribution in [0.4, 0.5) is 5.69 Å². The molecule has 0 aliphatic carbocycles. The molecule has 1 saturated heterocycles. The van der Waals surface area contributed by atoms with Gasteiger partial charge in [-0.2, -0.15) is 0 Å². The Labute approximate surface area is 134 Å². The Hall–Kier alpha value is -2.20. The zero-order chi connectivity index (χ0) is 14.8. The van der Waals surface area contributed by atoms with Crippen molar-refractivity contribution < 1.29 is 0 Å². The monoisotopic (exact) mass is 307 g/mol. The van der Waals surface area contributed by atoms with Crippen molar-refractivity contribution in [2.75, 3.05) is 18.0 Å². The van der Waals surface area contributed by atoms with E-state index in [-0.39, 0.29) is 0 Å². The third-order valence-corrected chi connectivity index (χ3v) is 4.94. The van der Waals surface area contributed by atoms with E-state index in [1.54, 1.807) is 11.3 Å². The summed E-state index contributed by atoms with van der Waals surface area (Å²) in [5, 5.41) is 3.19. The summed E-state index contributed by atoms with van der Waals surface area (Å²) >= 11 is 1.70. The van der Waals surface area contributed by atoms with Gasteiger partial charge in [-0.1, -0.05) is 12.1 Å². The molecule has 0 atom stereocenters. The summed E-state index contributed by atoms with van der Waals surface area (Å²) in [5.41, 5.74) is 4.66. The summed E-state index contributed by atoms with van der Waals surface area (Å²) in [7, 11) is 0. The molecule has 3 aromatic rings. The lowest BCUT2D eigenvalue weighted by Gasteiger charge is -2.17. The maximum Gasteiger partial charge on any atom is 0.124 e. The molecule has 1 fully saturated rings. The highest BCUT2D eigenvalue weighted by Gasteiger charge is 2.13. The first-order chi connectivity index (χ1) is 10.9. The van der Waals surface area contributed by atoms with Crippen LogP contribution in [-0.4, -0.2) is 23.1 Å². The van der Waals surface area contributed by atoms with E-state index >= 15 is 0 Å². The van der Waals surface area contributed by atoms with Crippen LogP contribution >= 0.6 is 11.3 Å². The van der Waals surface area contributed by atoms with Crippen LogP contribution in [0.1, 0.15) is 12.8 Å². The van der Waals surface area contributed by atoms with Gasteiger partial charge in [-0.05, 0) is 37.1 Å². The summed E-state index contributed by atoms with van der Waals surface area (Å²) in [6.45, 7) is 2.34. The van der Waals surface area contributed by atoms with E-state index in [0.717, 1.165) is 16.3 Å². The summed E-state index contributed by atoms with van der Waals surface area (Å²) in [6, 6.07) is 12.7. The number of benzene rings is 1. The number of aromatic nitrogens is 2. The normalized spacial score (nSPS) is 14.5. The SMILES string of the molecule is c1cc(-c2nc(-c3ccncc3)cs2)cc(N2CCCC2)c1. The van der Waals surface area contributed by atoms with Crippen LogP contribution in [0.2, 0.25) is 0 Å². The molecule has 4 heteroatoms. The van der Waals surface area contributed by atoms with Crippen LogP contribution in [0, 0.1) is 0 Å². The van der Waals surface area contributed by atoms with Crippen LogP contribution in [0.3, 0.4) is 0 Å². The Morgan fingerprint density at radius 1 is 0.955 bits per heavy atom. The molecular weight excluding hydrogens is 290 g/mol. The van der Waals surface area contributed by atoms with Gasteiger partial charge in [0.25, 0.3) is 0 Å². The van der Waals surface area contributed by atoms with E-state index in [9.17, 15) is 0 Å². The van der Waals surface area contributed by atoms with Crippen molar-refractivity contribution in [3.05, 3.63) is 54.2 Å². The summed E-state index contributed by atoms with van der Waals surface area (Å²) < 4.78 is 0. The van der Waals surface area contributed by atoms with Crippen LogP contribution in [0.25, 0.3) is 21.8 Å². The highest BCUT2D eigenvalue weighted by Crippen LogP contribution is 2.31. The van der Waals surface area contributed by atoms with E-state index in [0.29, 0.717) is 0 Å². The lowest BCUT2D eigenvalue weighted by Crippen LogP contribution is -2.17. The predicted molar refractivity (Wildman–Crippen MR) is 92.2 cm³/mol. The van der Waals surface area contributed by atoms with Gasteiger partial charge in [0.2, 0.25) is 0 Å². The number of nitrogens with zero attached hydrogens (tertiary/aromatic N) is 3. The van der Waals surface area contributed by atoms with Crippen molar-refractivity contribution in [1.29, 1.82) is 0 Å². The van der Waals surface area contributed by atoms with Crippen molar-refractivity contribution in [3.8, 4) is 21.8 Å². The van der Waals surface area contributed by atoms with Gasteiger partial charge in [0.15, 0.2) is 0 Å². The Morgan fingerprint density at radius 3 is 2.59 bits per heavy atom. The van der Waals surface area contributed by atoms with Crippen molar-refractivity contribution in [3.63, 3.8) is 0 Å². The minimum Gasteiger partial charge on any atom is -0.372 e. The third-order valence-electron chi connectivity index (χ3n) is 4.04. The molecule has 4 rings (SSSR count). The van der Waals surface area contributed by atoms with Crippen LogP contribution in [0.5, 0.6) is 0 Å². The molecule has 0 unspecified atom stereocenters. The molecule has 1 aliphatic rings. The first-order valence-electron chi connectivity index (χ1n) is 7.61. The van der Waals surface area contributed by atoms with Gasteiger partial charge in [-0.3, -0.25) is 4.98 Å². The molecule has 1 aliphatic heterocycles. The number of thiazole rings is 1. The molecule has 0 saturated carbocycles. The topological polar surface area (TPSA) is 29.0 Å². The van der Waals surface area contributed by atoms with Crippen molar-refractivity contribution in [1.82, 2.24) is 9.97 Å². The molecule has 110 valence electrons. The van der Waals surface area contributed by atoms with Gasteiger partial charge in [-0.25, -0.2) is 4.98 Å². The number of rotatable bonds is 3. The maximum absolute atomic E-state index is 4.79. The zero-order valence-corrected chi connectivity index (χ0v) is 13.1. The van der Waals surface area contributed by atoms with Crippen molar-refractivity contribution >= 4 is 17.0 Å². The smallest absolute Gasteiger partial charge is 0.124 e. The van der Waals surface area contributed by atoms with Crippen LogP contribution < -0.4 is 4.90 Å². The summed E-state index contributed by atoms with van der Waals surface area (Å²) in [4.78, 5) is 11.3. The van der Waals surface area contributed by atoms with Crippen LogP contribution in [-0.2, 0) is 0 Å². The molecule has 3 nitrogen and oxygen atoms in total. The quantitative estimate of drug-likeness (QED) is 0.715. The average Bonchev–Trinajstić information content (AvgIpc) is 3.28. The Bertz CT molecular complexity index is 761. The fourth-order valence-corrected chi connectivity index (χ4v) is 3.70. The van der Waals surface area contributed by atoms with E-state index in [4.69, 9.17) is 4.98 Å². The summed E-state index contributed by atoms with van der Waals surface area (Å²) in [5.74, 6) is 0. The standard InChI is InChI=1S/C18H17N3S/c1-2-11-21(10-1)16-5-3-4-15(12-16)18-20-17(13-22-18)14-6-8-19-9-7-14/h3-9,12-13H,1-2,10-11H2. The second kappa shape index (κ2) is 5.89. The number of hydrogen-bond acceptors (Lipinski definition) is 4. The largest absolute Gasteiger partial charge is 0.372 e. The average molecular weight is 307 g/mol. The van der Waals surface area contributed by atoms with Gasteiger partial charge in [0.1, 0.15) is 5.01 Å². The van der Waals surface area contributed by atoms with E-state index in [1.807, 2.05) is 24.5 Å². The second-order valence-electron chi connectivity index (χ2n) is 5.52. The van der Waals surface area contributed by atoms with E-state index in [1.165, 1.54) is 37.2 Å². The summed E-state index contributed by atoms with van der Waals surface area (Å²) in [6.07, 6.45) is 6.21. The van der Waals surface area contributed by atoms with Gasteiger partial charge in [0.05, 0.1) is 5.69 Å². The molecule has 0 bridgehead atoms. The minimum atomic E-state index is 1.02. The molecular formula is C18H17N3S. The number of pyridine rings is 1. The fraction of sp³-hybridized carbons (Fsp3) is 0.222. The van der Waals surface area contributed by atoms with Gasteiger partial charge < -0.3 is 4.90 Å². The Kier molecular flexibility index (Phi) is 3.60. The number of hydrogen-bond donors (Lipinski definition) is 0. The van der Waals surface area contributed by atoms with Gasteiger partial charge in [-0.15, -0.1) is 11.3 Å². The second-order valence-corrected chi connectivity index (χ2v) is 6.38. The molecule has 0 amide bonds. The van der Waals surface area contributed by atoms with Crippen LogP contribution in [0.15, 0.2) is 54.2 Å². The first-order valence-corrected chi connectivity index (χ1v) is 8.49. The molecule has 0 radical (unpaired) electrons. The van der Waals surface area contributed by atoms with Crippen molar-refractivity contribution in [2.24, 2.45) is 0 Å². The Morgan fingerprint density at radius 2 is 1.77 bits per heavy atom.